The highest BCUT2D eigenvalue weighted by molar-refractivity contribution is 6.45. The fourth-order valence-electron chi connectivity index (χ4n) is 4.06. The van der Waals surface area contributed by atoms with E-state index in [-0.39, 0.29) is 24.3 Å². The maximum absolute atomic E-state index is 11.0. The molecule has 0 saturated carbocycles. The first-order valence-corrected chi connectivity index (χ1v) is 12.7. The van der Waals surface area contributed by atoms with Gasteiger partial charge in [0, 0.05) is 6.42 Å². The molecule has 0 aromatic heterocycles. The van der Waals surface area contributed by atoms with Gasteiger partial charge in [0.25, 0.3) is 0 Å². The highest BCUT2D eigenvalue weighted by Crippen LogP contribution is 2.38. The molecule has 0 aromatic rings. The largest absolute Gasteiger partial charge is 0.469 e. The van der Waals surface area contributed by atoms with Crippen molar-refractivity contribution in [2.75, 3.05) is 7.11 Å². The highest BCUT2D eigenvalue weighted by Gasteiger charge is 2.50. The van der Waals surface area contributed by atoms with E-state index in [2.05, 4.69) is 32.4 Å². The predicted molar refractivity (Wildman–Crippen MR) is 127 cm³/mol. The molecule has 0 spiro atoms. The molecule has 0 bridgehead atoms. The van der Waals surface area contributed by atoms with Gasteiger partial charge in [-0.1, -0.05) is 89.9 Å². The summed E-state index contributed by atoms with van der Waals surface area (Å²) in [5.41, 5.74) is -0.382. The van der Waals surface area contributed by atoms with E-state index in [0.29, 0.717) is 6.42 Å². The Balaban J connectivity index is 1.77. The van der Waals surface area contributed by atoms with Crippen LogP contribution in [-0.4, -0.2) is 31.4 Å². The van der Waals surface area contributed by atoms with E-state index in [1.165, 1.54) is 90.6 Å². The lowest BCUT2D eigenvalue weighted by molar-refractivity contribution is -0.140. The van der Waals surface area contributed by atoms with Gasteiger partial charge in [-0.2, -0.15) is 0 Å². The highest BCUT2D eigenvalue weighted by atomic mass is 16.7. The summed E-state index contributed by atoms with van der Waals surface area (Å²) in [5.74, 6) is -0.0727. The van der Waals surface area contributed by atoms with Crippen LogP contribution in [0.5, 0.6) is 0 Å². The zero-order valence-corrected chi connectivity index (χ0v) is 20.7. The molecule has 1 aliphatic rings. The minimum atomic E-state index is -0.191. The van der Waals surface area contributed by atoms with Gasteiger partial charge in [-0.05, 0) is 40.4 Å². The average Bonchev–Trinajstić information content (AvgIpc) is 2.90. The normalized spacial score (nSPS) is 17.4. The topological polar surface area (TPSA) is 44.8 Å². The van der Waals surface area contributed by atoms with Gasteiger partial charge in [0.2, 0.25) is 0 Å². The molecule has 30 heavy (non-hydrogen) atoms. The number of ether oxygens (including phenoxy) is 1. The van der Waals surface area contributed by atoms with E-state index in [1.54, 1.807) is 0 Å². The molecular weight excluding hydrogens is 375 g/mol. The van der Waals surface area contributed by atoms with Crippen molar-refractivity contribution in [3.63, 3.8) is 0 Å². The Hall–Kier alpha value is -0.545. The van der Waals surface area contributed by atoms with Crippen molar-refractivity contribution in [1.29, 1.82) is 0 Å². The number of carbonyl (C=O) groups is 1. The van der Waals surface area contributed by atoms with Gasteiger partial charge in [-0.25, -0.2) is 0 Å². The first kappa shape index (κ1) is 27.5. The van der Waals surface area contributed by atoms with Crippen molar-refractivity contribution in [2.45, 2.75) is 148 Å². The van der Waals surface area contributed by atoms with Crippen LogP contribution in [0.3, 0.4) is 0 Å². The molecule has 0 atom stereocenters. The second-order valence-electron chi connectivity index (χ2n) is 10.1. The molecule has 0 amide bonds. The molecule has 5 heteroatoms. The van der Waals surface area contributed by atoms with Crippen LogP contribution in [0.4, 0.5) is 0 Å². The fourth-order valence-corrected chi connectivity index (χ4v) is 4.06. The van der Waals surface area contributed by atoms with Crippen LogP contribution in [0.15, 0.2) is 0 Å². The van der Waals surface area contributed by atoms with Gasteiger partial charge < -0.3 is 14.0 Å². The Kier molecular flexibility index (Phi) is 14.0. The van der Waals surface area contributed by atoms with Crippen molar-refractivity contribution in [3.05, 3.63) is 0 Å². The van der Waals surface area contributed by atoms with E-state index in [4.69, 9.17) is 9.31 Å². The lowest BCUT2D eigenvalue weighted by Crippen LogP contribution is -2.41. The van der Waals surface area contributed by atoms with E-state index in [9.17, 15) is 4.79 Å². The summed E-state index contributed by atoms with van der Waals surface area (Å²) < 4.78 is 16.8. The van der Waals surface area contributed by atoms with Gasteiger partial charge in [-0.3, -0.25) is 4.79 Å². The molecule has 1 aliphatic heterocycles. The maximum Gasteiger partial charge on any atom is 0.457 e. The third kappa shape index (κ3) is 11.7. The molecule has 176 valence electrons. The van der Waals surface area contributed by atoms with Gasteiger partial charge in [0.05, 0.1) is 18.3 Å². The lowest BCUT2D eigenvalue weighted by atomic mass is 9.82. The van der Waals surface area contributed by atoms with Crippen LogP contribution in [0.1, 0.15) is 130 Å². The van der Waals surface area contributed by atoms with E-state index in [1.807, 2.05) is 0 Å². The Morgan fingerprint density at radius 3 is 1.33 bits per heavy atom. The van der Waals surface area contributed by atoms with E-state index < -0.39 is 0 Å². The maximum atomic E-state index is 11.0. The van der Waals surface area contributed by atoms with Gasteiger partial charge in [0.1, 0.15) is 0 Å². The number of hydrogen-bond acceptors (Lipinski definition) is 4. The Morgan fingerprint density at radius 2 is 0.967 bits per heavy atom. The standard InChI is InChI=1S/C25H49BO4/c1-24(2)25(3,4)30-26(29-24)22-20-18-16-14-12-10-8-6-7-9-11-13-15-17-19-21-23(27)28-5/h6-22H2,1-5H3. The number of unbranched alkanes of at least 4 members (excludes halogenated alkanes) is 14. The summed E-state index contributed by atoms with van der Waals surface area (Å²) in [6, 6.07) is 0. The van der Waals surface area contributed by atoms with Crippen molar-refractivity contribution in [3.8, 4) is 0 Å². The van der Waals surface area contributed by atoms with Crippen molar-refractivity contribution in [1.82, 2.24) is 0 Å². The molecule has 0 aromatic carbocycles. The zero-order valence-electron chi connectivity index (χ0n) is 20.7. The van der Waals surface area contributed by atoms with Crippen LogP contribution in [0, 0.1) is 0 Å². The second-order valence-corrected chi connectivity index (χ2v) is 10.1. The molecule has 1 rings (SSSR count). The van der Waals surface area contributed by atoms with Crippen molar-refractivity contribution in [2.24, 2.45) is 0 Å². The van der Waals surface area contributed by atoms with E-state index in [0.717, 1.165) is 19.2 Å². The molecular formula is C25H49BO4. The van der Waals surface area contributed by atoms with Gasteiger partial charge in [-0.15, -0.1) is 0 Å². The summed E-state index contributed by atoms with van der Waals surface area (Å²) in [7, 11) is 1.45. The second kappa shape index (κ2) is 15.3. The molecule has 1 fully saturated rings. The Bertz CT molecular complexity index is 434. The van der Waals surface area contributed by atoms with Crippen molar-refractivity contribution < 1.29 is 18.8 Å². The number of rotatable bonds is 18. The Morgan fingerprint density at radius 1 is 0.633 bits per heavy atom. The smallest absolute Gasteiger partial charge is 0.457 e. The van der Waals surface area contributed by atoms with Crippen molar-refractivity contribution >= 4 is 13.1 Å². The summed E-state index contributed by atoms with van der Waals surface area (Å²) in [5, 5.41) is 0. The molecule has 0 aliphatic carbocycles. The van der Waals surface area contributed by atoms with Gasteiger partial charge in [0.15, 0.2) is 0 Å². The third-order valence-electron chi connectivity index (χ3n) is 6.85. The molecule has 0 radical (unpaired) electrons. The first-order chi connectivity index (χ1) is 14.3. The van der Waals surface area contributed by atoms with Crippen LogP contribution < -0.4 is 0 Å². The number of hydrogen-bond donors (Lipinski definition) is 0. The van der Waals surface area contributed by atoms with Crippen LogP contribution in [-0.2, 0) is 18.8 Å². The Labute approximate surface area is 187 Å². The van der Waals surface area contributed by atoms with Crippen LogP contribution in [0.2, 0.25) is 6.32 Å². The number of methoxy groups -OCH3 is 1. The summed E-state index contributed by atoms with van der Waals surface area (Å²) >= 11 is 0. The quantitative estimate of drug-likeness (QED) is 0.130. The lowest BCUT2D eigenvalue weighted by Gasteiger charge is -2.32. The molecule has 0 N–H and O–H groups in total. The fraction of sp³-hybridized carbons (Fsp3) is 0.960. The summed E-state index contributed by atoms with van der Waals surface area (Å²) in [4.78, 5) is 11.0. The molecule has 1 saturated heterocycles. The monoisotopic (exact) mass is 424 g/mol. The van der Waals surface area contributed by atoms with Gasteiger partial charge >= 0.3 is 13.1 Å². The minimum absolute atomic E-state index is 0.0186. The summed E-state index contributed by atoms with van der Waals surface area (Å²) in [6.07, 6.45) is 21.2. The molecule has 4 nitrogen and oxygen atoms in total. The zero-order chi connectivity index (χ0) is 22.3. The number of esters is 1. The van der Waals surface area contributed by atoms with E-state index >= 15 is 0 Å². The molecule has 0 unspecified atom stereocenters. The SMILES string of the molecule is COC(=O)CCCCCCCCCCCCCCCCCB1OC(C)(C)C(C)(C)O1. The molecule has 1 heterocycles. The number of carbonyl (C=O) groups excluding carboxylic acids is 1. The minimum Gasteiger partial charge on any atom is -0.469 e. The predicted octanol–water partition coefficient (Wildman–Crippen LogP) is 7.49. The summed E-state index contributed by atoms with van der Waals surface area (Å²) in [6.45, 7) is 8.51. The third-order valence-corrected chi connectivity index (χ3v) is 6.85. The average molecular weight is 424 g/mol. The van der Waals surface area contributed by atoms with Crippen LogP contribution in [0.25, 0.3) is 0 Å². The van der Waals surface area contributed by atoms with Crippen LogP contribution >= 0.6 is 0 Å². The first-order valence-electron chi connectivity index (χ1n) is 12.7.